The van der Waals surface area contributed by atoms with Crippen molar-refractivity contribution >= 4 is 16.9 Å². The molecule has 3 nitrogen and oxygen atoms in total. The fraction of sp³-hybridized carbons (Fsp3) is 0.250. The van der Waals surface area contributed by atoms with Crippen LogP contribution >= 0.6 is 0 Å². The molecule has 0 fully saturated rings. The van der Waals surface area contributed by atoms with Gasteiger partial charge in [-0.15, -0.1) is 0 Å². The minimum atomic E-state index is -0.486. The van der Waals surface area contributed by atoms with Crippen LogP contribution in [0.3, 0.4) is 0 Å². The second-order valence-corrected chi connectivity index (χ2v) is 3.58. The molecule has 16 heavy (non-hydrogen) atoms. The third-order valence-electron chi connectivity index (χ3n) is 2.48. The van der Waals surface area contributed by atoms with Crippen molar-refractivity contribution in [3.8, 4) is 0 Å². The van der Waals surface area contributed by atoms with E-state index < -0.39 is 5.92 Å². The van der Waals surface area contributed by atoms with Gasteiger partial charge in [0, 0.05) is 5.39 Å². The van der Waals surface area contributed by atoms with E-state index in [-0.39, 0.29) is 11.8 Å². The smallest absolute Gasteiger partial charge is 0.316 e. The van der Waals surface area contributed by atoms with Gasteiger partial charge in [0.15, 0.2) is 0 Å². The van der Waals surface area contributed by atoms with Crippen LogP contribution in [0.4, 0.5) is 4.39 Å². The van der Waals surface area contributed by atoms with E-state index in [1.807, 2.05) is 0 Å². The van der Waals surface area contributed by atoms with E-state index >= 15 is 0 Å². The number of fused-ring (bicyclic) bond motifs is 1. The second kappa shape index (κ2) is 3.96. The van der Waals surface area contributed by atoms with Gasteiger partial charge in [-0.25, -0.2) is 4.39 Å². The molecule has 1 unspecified atom stereocenters. The van der Waals surface area contributed by atoms with Gasteiger partial charge in [0.1, 0.15) is 23.1 Å². The normalized spacial score (nSPS) is 12.7. The van der Waals surface area contributed by atoms with E-state index in [0.717, 1.165) is 0 Å². The van der Waals surface area contributed by atoms with Crippen molar-refractivity contribution in [1.82, 2.24) is 0 Å². The maximum absolute atomic E-state index is 12.9. The number of furan rings is 1. The molecule has 0 saturated carbocycles. The zero-order valence-corrected chi connectivity index (χ0v) is 8.99. The summed E-state index contributed by atoms with van der Waals surface area (Å²) in [7, 11) is 1.32. The van der Waals surface area contributed by atoms with Crippen molar-refractivity contribution in [3.05, 3.63) is 35.8 Å². The molecule has 1 aromatic carbocycles. The van der Waals surface area contributed by atoms with Gasteiger partial charge in [-0.1, -0.05) is 0 Å². The predicted molar refractivity (Wildman–Crippen MR) is 56.6 cm³/mol. The van der Waals surface area contributed by atoms with Crippen molar-refractivity contribution in [2.24, 2.45) is 0 Å². The Labute approximate surface area is 91.8 Å². The Morgan fingerprint density at radius 1 is 1.44 bits per heavy atom. The minimum absolute atomic E-state index is 0.328. The van der Waals surface area contributed by atoms with Crippen molar-refractivity contribution in [2.75, 3.05) is 7.11 Å². The van der Waals surface area contributed by atoms with Crippen molar-refractivity contribution in [1.29, 1.82) is 0 Å². The molecule has 84 valence electrons. The summed E-state index contributed by atoms with van der Waals surface area (Å²) in [5.74, 6) is -0.710. The average Bonchev–Trinajstić information content (AvgIpc) is 2.69. The Bertz CT molecular complexity index is 530. The third-order valence-corrected chi connectivity index (χ3v) is 2.48. The van der Waals surface area contributed by atoms with Gasteiger partial charge in [-0.05, 0) is 31.2 Å². The largest absolute Gasteiger partial charge is 0.468 e. The lowest BCUT2D eigenvalue weighted by molar-refractivity contribution is -0.142. The summed E-state index contributed by atoms with van der Waals surface area (Å²) in [6.45, 7) is 1.68. The number of benzene rings is 1. The highest BCUT2D eigenvalue weighted by Gasteiger charge is 2.19. The topological polar surface area (TPSA) is 39.4 Å². The summed E-state index contributed by atoms with van der Waals surface area (Å²) in [5.41, 5.74) is 0.562. The van der Waals surface area contributed by atoms with Gasteiger partial charge in [-0.3, -0.25) is 4.79 Å². The predicted octanol–water partition coefficient (Wildman–Crippen LogP) is 2.85. The number of carbonyl (C=O) groups is 1. The number of ether oxygens (including phenoxy) is 1. The molecular weight excluding hydrogens is 211 g/mol. The van der Waals surface area contributed by atoms with Crippen LogP contribution in [0.25, 0.3) is 11.0 Å². The Kier molecular flexibility index (Phi) is 2.64. The first-order valence-corrected chi connectivity index (χ1v) is 4.88. The first-order chi connectivity index (χ1) is 7.61. The van der Waals surface area contributed by atoms with E-state index in [4.69, 9.17) is 4.42 Å². The highest BCUT2D eigenvalue weighted by Crippen LogP contribution is 2.26. The molecular formula is C12H11FO3. The highest BCUT2D eigenvalue weighted by atomic mass is 19.1. The molecule has 0 N–H and O–H groups in total. The first kappa shape index (κ1) is 10.7. The lowest BCUT2D eigenvalue weighted by Crippen LogP contribution is -2.09. The summed E-state index contributed by atoms with van der Waals surface area (Å²) in [6.07, 6.45) is 0. The first-order valence-electron chi connectivity index (χ1n) is 4.88. The van der Waals surface area contributed by atoms with Crippen molar-refractivity contribution in [2.45, 2.75) is 12.8 Å². The molecule has 0 aliphatic carbocycles. The summed E-state index contributed by atoms with van der Waals surface area (Å²) in [6, 6.07) is 5.88. The Morgan fingerprint density at radius 2 is 2.19 bits per heavy atom. The number of hydrogen-bond acceptors (Lipinski definition) is 3. The Balaban J connectivity index is 2.43. The fourth-order valence-electron chi connectivity index (χ4n) is 1.54. The van der Waals surface area contributed by atoms with Gasteiger partial charge < -0.3 is 9.15 Å². The summed E-state index contributed by atoms with van der Waals surface area (Å²) < 4.78 is 23.0. The summed E-state index contributed by atoms with van der Waals surface area (Å²) in [4.78, 5) is 11.3. The van der Waals surface area contributed by atoms with Gasteiger partial charge in [-0.2, -0.15) is 0 Å². The van der Waals surface area contributed by atoms with Gasteiger partial charge in [0.2, 0.25) is 0 Å². The number of methoxy groups -OCH3 is 1. The van der Waals surface area contributed by atoms with Crippen LogP contribution in [0, 0.1) is 5.82 Å². The van der Waals surface area contributed by atoms with Crippen LogP contribution in [0.15, 0.2) is 28.7 Å². The third kappa shape index (κ3) is 1.78. The maximum atomic E-state index is 12.9. The monoisotopic (exact) mass is 222 g/mol. The molecule has 0 radical (unpaired) electrons. The quantitative estimate of drug-likeness (QED) is 0.733. The zero-order chi connectivity index (χ0) is 11.7. The molecule has 4 heteroatoms. The van der Waals surface area contributed by atoms with Crippen molar-refractivity contribution < 1.29 is 18.3 Å². The number of esters is 1. The van der Waals surface area contributed by atoms with E-state index in [1.165, 1.54) is 25.3 Å². The SMILES string of the molecule is COC(=O)C(C)c1cc2cc(F)ccc2o1. The molecule has 1 heterocycles. The molecule has 2 rings (SSSR count). The van der Waals surface area contributed by atoms with Gasteiger partial charge >= 0.3 is 5.97 Å². The standard InChI is InChI=1S/C12H11FO3/c1-7(12(14)15-2)11-6-8-5-9(13)3-4-10(8)16-11/h3-7H,1-2H3. The van der Waals surface area contributed by atoms with Crippen LogP contribution < -0.4 is 0 Å². The number of halogens is 1. The van der Waals surface area contributed by atoms with E-state index in [9.17, 15) is 9.18 Å². The molecule has 1 atom stereocenters. The highest BCUT2D eigenvalue weighted by molar-refractivity contribution is 5.82. The molecule has 0 bridgehead atoms. The molecule has 0 aliphatic heterocycles. The van der Waals surface area contributed by atoms with Crippen LogP contribution in [0.1, 0.15) is 18.6 Å². The van der Waals surface area contributed by atoms with Crippen LogP contribution in [-0.4, -0.2) is 13.1 Å². The van der Waals surface area contributed by atoms with E-state index in [0.29, 0.717) is 16.7 Å². The number of hydrogen-bond donors (Lipinski definition) is 0. The lowest BCUT2D eigenvalue weighted by atomic mass is 10.1. The maximum Gasteiger partial charge on any atom is 0.316 e. The molecule has 0 saturated heterocycles. The molecule has 2 aromatic rings. The van der Waals surface area contributed by atoms with E-state index in [1.54, 1.807) is 13.0 Å². The van der Waals surface area contributed by atoms with Crippen LogP contribution in [-0.2, 0) is 9.53 Å². The summed E-state index contributed by atoms with van der Waals surface area (Å²) in [5, 5.41) is 0.644. The number of rotatable bonds is 2. The fourth-order valence-corrected chi connectivity index (χ4v) is 1.54. The van der Waals surface area contributed by atoms with Crippen molar-refractivity contribution in [3.63, 3.8) is 0 Å². The van der Waals surface area contributed by atoms with Gasteiger partial charge in [0.25, 0.3) is 0 Å². The second-order valence-electron chi connectivity index (χ2n) is 3.58. The Hall–Kier alpha value is -1.84. The lowest BCUT2D eigenvalue weighted by Gasteiger charge is -2.04. The molecule has 0 spiro atoms. The van der Waals surface area contributed by atoms with E-state index in [2.05, 4.69) is 4.74 Å². The Morgan fingerprint density at radius 3 is 2.88 bits per heavy atom. The molecule has 1 aromatic heterocycles. The number of carbonyl (C=O) groups excluding carboxylic acids is 1. The zero-order valence-electron chi connectivity index (χ0n) is 8.99. The average molecular weight is 222 g/mol. The minimum Gasteiger partial charge on any atom is -0.468 e. The molecule has 0 aliphatic rings. The van der Waals surface area contributed by atoms with Crippen LogP contribution in [0.2, 0.25) is 0 Å². The summed E-state index contributed by atoms with van der Waals surface area (Å²) >= 11 is 0. The van der Waals surface area contributed by atoms with Gasteiger partial charge in [0.05, 0.1) is 7.11 Å². The molecule has 0 amide bonds. The van der Waals surface area contributed by atoms with Crippen LogP contribution in [0.5, 0.6) is 0 Å².